The van der Waals surface area contributed by atoms with E-state index in [-0.39, 0.29) is 0 Å². The number of aryl methyl sites for hydroxylation is 1. The number of hydrogen-bond donors (Lipinski definition) is 2. The van der Waals surface area contributed by atoms with E-state index >= 15 is 0 Å². The lowest BCUT2D eigenvalue weighted by atomic mass is 9.90. The average Bonchev–Trinajstić information content (AvgIpc) is 2.52. The molecule has 21 heavy (non-hydrogen) atoms. The Balaban J connectivity index is 1.92. The van der Waals surface area contributed by atoms with Crippen molar-refractivity contribution < 1.29 is 0 Å². The molecule has 0 spiro atoms. The highest BCUT2D eigenvalue weighted by atomic mass is 79.9. The van der Waals surface area contributed by atoms with Crippen molar-refractivity contribution in [3.05, 3.63) is 40.1 Å². The Bertz CT molecular complexity index is 642. The van der Waals surface area contributed by atoms with Gasteiger partial charge in [-0.05, 0) is 65.7 Å². The maximum atomic E-state index is 4.36. The van der Waals surface area contributed by atoms with Crippen molar-refractivity contribution >= 4 is 33.3 Å². The van der Waals surface area contributed by atoms with Gasteiger partial charge in [0.1, 0.15) is 22.4 Å². The highest BCUT2D eigenvalue weighted by molar-refractivity contribution is 9.10. The minimum atomic E-state index is 0.805. The van der Waals surface area contributed by atoms with Crippen LogP contribution in [0.4, 0.5) is 17.3 Å². The molecule has 1 aliphatic carbocycles. The van der Waals surface area contributed by atoms with Crippen molar-refractivity contribution in [1.82, 2.24) is 9.97 Å². The van der Waals surface area contributed by atoms with Crippen LogP contribution in [0.2, 0.25) is 0 Å². The normalized spacial score (nSPS) is 13.6. The molecule has 1 heterocycles. The summed E-state index contributed by atoms with van der Waals surface area (Å²) in [7, 11) is 0. The summed E-state index contributed by atoms with van der Waals surface area (Å²) in [5.41, 5.74) is 4.05. The topological polar surface area (TPSA) is 49.8 Å². The summed E-state index contributed by atoms with van der Waals surface area (Å²) in [6.07, 6.45) is 6.46. The second-order valence-electron chi connectivity index (χ2n) is 5.19. The quantitative estimate of drug-likeness (QED) is 0.866. The highest BCUT2D eigenvalue weighted by Crippen LogP contribution is 2.33. The van der Waals surface area contributed by atoms with E-state index in [2.05, 4.69) is 61.7 Å². The Morgan fingerprint density at radius 2 is 1.95 bits per heavy atom. The second-order valence-corrected chi connectivity index (χ2v) is 5.98. The number of fused-ring (bicyclic) bond motifs is 1. The minimum Gasteiger partial charge on any atom is -0.369 e. The maximum Gasteiger partial charge on any atom is 0.150 e. The predicted molar refractivity (Wildman–Crippen MR) is 90.3 cm³/mol. The molecule has 1 aromatic heterocycles. The fraction of sp³-hybridized carbons (Fsp3) is 0.375. The number of aromatic nitrogens is 2. The van der Waals surface area contributed by atoms with Gasteiger partial charge in [-0.1, -0.05) is 12.1 Å². The molecule has 0 amide bonds. The molecule has 0 bridgehead atoms. The summed E-state index contributed by atoms with van der Waals surface area (Å²) in [6.45, 7) is 2.88. The zero-order chi connectivity index (χ0) is 14.7. The van der Waals surface area contributed by atoms with Gasteiger partial charge in [-0.3, -0.25) is 0 Å². The van der Waals surface area contributed by atoms with Gasteiger partial charge < -0.3 is 10.6 Å². The standard InChI is InChI=1S/C16H19BrN4/c1-2-18-15-14(17)16(20-10-19-15)21-13-9-5-7-11-6-3-4-8-12(11)13/h5,7,9-10H,2-4,6,8H2,1H3,(H2,18,19,20,21). The number of benzene rings is 1. The summed E-state index contributed by atoms with van der Waals surface area (Å²) in [5, 5.41) is 6.69. The lowest BCUT2D eigenvalue weighted by Gasteiger charge is -2.20. The molecule has 0 radical (unpaired) electrons. The molecule has 2 N–H and O–H groups in total. The van der Waals surface area contributed by atoms with Crippen molar-refractivity contribution in [3.63, 3.8) is 0 Å². The molecule has 5 heteroatoms. The fourth-order valence-electron chi connectivity index (χ4n) is 2.77. The molecular weight excluding hydrogens is 328 g/mol. The Labute approximate surface area is 133 Å². The Morgan fingerprint density at radius 3 is 2.81 bits per heavy atom. The third kappa shape index (κ3) is 3.02. The van der Waals surface area contributed by atoms with Crippen LogP contribution in [0.5, 0.6) is 0 Å². The second kappa shape index (κ2) is 6.43. The van der Waals surface area contributed by atoms with Crippen LogP contribution in [-0.2, 0) is 12.8 Å². The maximum absolute atomic E-state index is 4.36. The van der Waals surface area contributed by atoms with Crippen LogP contribution in [0.3, 0.4) is 0 Å². The monoisotopic (exact) mass is 346 g/mol. The summed E-state index contributed by atoms with van der Waals surface area (Å²) in [5.74, 6) is 1.62. The van der Waals surface area contributed by atoms with Crippen molar-refractivity contribution in [1.29, 1.82) is 0 Å². The van der Waals surface area contributed by atoms with Crippen molar-refractivity contribution in [2.45, 2.75) is 32.6 Å². The minimum absolute atomic E-state index is 0.805. The molecule has 4 nitrogen and oxygen atoms in total. The van der Waals surface area contributed by atoms with E-state index in [1.165, 1.54) is 30.4 Å². The number of halogens is 1. The number of nitrogens with one attached hydrogen (secondary N) is 2. The molecular formula is C16H19BrN4. The smallest absolute Gasteiger partial charge is 0.150 e. The third-order valence-corrected chi connectivity index (χ3v) is 4.53. The molecule has 110 valence electrons. The van der Waals surface area contributed by atoms with Gasteiger partial charge in [0.05, 0.1) is 0 Å². The third-order valence-electron chi connectivity index (χ3n) is 3.78. The molecule has 0 aliphatic heterocycles. The van der Waals surface area contributed by atoms with Crippen LogP contribution < -0.4 is 10.6 Å². The fourth-order valence-corrected chi connectivity index (χ4v) is 3.22. The first-order chi connectivity index (χ1) is 10.3. The average molecular weight is 347 g/mol. The summed E-state index contributed by atoms with van der Waals surface area (Å²) in [4.78, 5) is 8.60. The van der Waals surface area contributed by atoms with Crippen LogP contribution in [0.1, 0.15) is 30.9 Å². The van der Waals surface area contributed by atoms with E-state index in [0.29, 0.717) is 0 Å². The van der Waals surface area contributed by atoms with Gasteiger partial charge in [0.15, 0.2) is 0 Å². The van der Waals surface area contributed by atoms with Crippen molar-refractivity contribution in [2.24, 2.45) is 0 Å². The van der Waals surface area contributed by atoms with Crippen LogP contribution in [0.25, 0.3) is 0 Å². The molecule has 0 saturated heterocycles. The highest BCUT2D eigenvalue weighted by Gasteiger charge is 2.15. The van der Waals surface area contributed by atoms with E-state index in [4.69, 9.17) is 0 Å². The first kappa shape index (κ1) is 14.3. The molecule has 3 rings (SSSR count). The van der Waals surface area contributed by atoms with E-state index < -0.39 is 0 Å². The first-order valence-corrected chi connectivity index (χ1v) is 8.21. The van der Waals surface area contributed by atoms with E-state index in [9.17, 15) is 0 Å². The van der Waals surface area contributed by atoms with E-state index in [1.807, 2.05) is 0 Å². The zero-order valence-electron chi connectivity index (χ0n) is 12.1. The Kier molecular flexibility index (Phi) is 4.39. The van der Waals surface area contributed by atoms with Gasteiger partial charge in [-0.25, -0.2) is 9.97 Å². The van der Waals surface area contributed by atoms with Crippen molar-refractivity contribution in [3.8, 4) is 0 Å². The SMILES string of the molecule is CCNc1ncnc(Nc2cccc3c2CCCC3)c1Br. The molecule has 2 aromatic rings. The van der Waals surface area contributed by atoms with E-state index in [0.717, 1.165) is 34.8 Å². The van der Waals surface area contributed by atoms with Gasteiger partial charge in [0, 0.05) is 12.2 Å². The van der Waals surface area contributed by atoms with Gasteiger partial charge >= 0.3 is 0 Å². The molecule has 0 atom stereocenters. The lowest BCUT2D eigenvalue weighted by molar-refractivity contribution is 0.687. The van der Waals surface area contributed by atoms with Gasteiger partial charge in [-0.2, -0.15) is 0 Å². The van der Waals surface area contributed by atoms with Crippen LogP contribution in [-0.4, -0.2) is 16.5 Å². The van der Waals surface area contributed by atoms with Gasteiger partial charge in [0.2, 0.25) is 0 Å². The number of nitrogens with zero attached hydrogens (tertiary/aromatic N) is 2. The molecule has 1 aliphatic rings. The summed E-state index contributed by atoms with van der Waals surface area (Å²) < 4.78 is 0.875. The first-order valence-electron chi connectivity index (χ1n) is 7.41. The van der Waals surface area contributed by atoms with E-state index in [1.54, 1.807) is 6.33 Å². The Morgan fingerprint density at radius 1 is 1.14 bits per heavy atom. The largest absolute Gasteiger partial charge is 0.369 e. The van der Waals surface area contributed by atoms with Crippen LogP contribution in [0.15, 0.2) is 29.0 Å². The molecule has 1 aromatic carbocycles. The van der Waals surface area contributed by atoms with Crippen LogP contribution >= 0.6 is 15.9 Å². The van der Waals surface area contributed by atoms with Gasteiger partial charge in [0.25, 0.3) is 0 Å². The zero-order valence-corrected chi connectivity index (χ0v) is 13.7. The molecule has 0 unspecified atom stereocenters. The molecule has 0 fully saturated rings. The van der Waals surface area contributed by atoms with Gasteiger partial charge in [-0.15, -0.1) is 0 Å². The summed E-state index contributed by atoms with van der Waals surface area (Å²) >= 11 is 3.59. The summed E-state index contributed by atoms with van der Waals surface area (Å²) in [6, 6.07) is 6.48. The molecule has 0 saturated carbocycles. The number of hydrogen-bond acceptors (Lipinski definition) is 4. The number of anilines is 3. The number of rotatable bonds is 4. The predicted octanol–water partition coefficient (Wildman–Crippen LogP) is 4.29. The van der Waals surface area contributed by atoms with Crippen molar-refractivity contribution in [2.75, 3.05) is 17.2 Å². The Hall–Kier alpha value is -1.62. The lowest BCUT2D eigenvalue weighted by Crippen LogP contribution is -2.08. The van der Waals surface area contributed by atoms with Crippen LogP contribution in [0, 0.1) is 0 Å².